The van der Waals surface area contributed by atoms with Crippen LogP contribution in [0, 0.1) is 0 Å². The van der Waals surface area contributed by atoms with Crippen LogP contribution in [0.5, 0.6) is 0 Å². The molecule has 0 aliphatic heterocycles. The first-order valence-corrected chi connectivity index (χ1v) is 8.32. The summed E-state index contributed by atoms with van der Waals surface area (Å²) >= 11 is 14.0. The predicted molar refractivity (Wildman–Crippen MR) is 87.2 cm³/mol. The zero-order chi connectivity index (χ0) is 13.8. The van der Waals surface area contributed by atoms with Crippen LogP contribution in [0.15, 0.2) is 37.9 Å². The second-order valence-corrected chi connectivity index (χ2v) is 8.06. The number of nitrogens with one attached hydrogen (secondary N) is 1. The number of carbonyl (C=O) groups is 1. The quantitative estimate of drug-likeness (QED) is 0.745. The van der Waals surface area contributed by atoms with Crippen LogP contribution in [0.25, 0.3) is 0 Å². The van der Waals surface area contributed by atoms with Crippen molar-refractivity contribution in [1.29, 1.82) is 0 Å². The van der Waals surface area contributed by atoms with Crippen LogP contribution in [-0.2, 0) is 6.42 Å². The van der Waals surface area contributed by atoms with Gasteiger partial charge in [0.05, 0.1) is 13.1 Å². The third kappa shape index (κ3) is 4.31. The third-order valence-corrected chi connectivity index (χ3v) is 5.11. The van der Waals surface area contributed by atoms with Crippen LogP contribution >= 0.6 is 54.8 Å². The Balaban J connectivity index is 1.87. The summed E-state index contributed by atoms with van der Waals surface area (Å²) in [7, 11) is 0. The third-order valence-electron chi connectivity index (χ3n) is 2.51. The second-order valence-electron chi connectivity index (χ2n) is 3.87. The molecule has 0 spiro atoms. The molecule has 0 aliphatic rings. The molecule has 1 aromatic heterocycles. The van der Waals surface area contributed by atoms with Crippen molar-refractivity contribution in [3.63, 3.8) is 0 Å². The molecule has 2 nitrogen and oxygen atoms in total. The average molecular weight is 424 g/mol. The monoisotopic (exact) mass is 421 g/mol. The summed E-state index contributed by atoms with van der Waals surface area (Å²) in [4.78, 5) is 11.9. The lowest BCUT2D eigenvalue weighted by Gasteiger charge is -2.04. The number of thiophene rings is 1. The lowest BCUT2D eigenvalue weighted by Crippen LogP contribution is -2.25. The van der Waals surface area contributed by atoms with Crippen molar-refractivity contribution in [1.82, 2.24) is 5.32 Å². The van der Waals surface area contributed by atoms with Gasteiger partial charge in [-0.3, -0.25) is 4.79 Å². The second kappa shape index (κ2) is 6.88. The molecule has 100 valence electrons. The molecule has 1 N–H and O–H groups in total. The van der Waals surface area contributed by atoms with Crippen LogP contribution < -0.4 is 5.32 Å². The Morgan fingerprint density at radius 1 is 1.26 bits per heavy atom. The molecule has 2 rings (SSSR count). The van der Waals surface area contributed by atoms with E-state index in [0.717, 1.165) is 24.6 Å². The number of halogens is 3. The van der Waals surface area contributed by atoms with Crippen molar-refractivity contribution >= 4 is 60.7 Å². The molecule has 0 unspecified atom stereocenters. The molecule has 0 fully saturated rings. The number of amides is 1. The Hall–Kier alpha value is -0.360. The highest BCUT2D eigenvalue weighted by molar-refractivity contribution is 9.12. The van der Waals surface area contributed by atoms with Crippen LogP contribution in [0.3, 0.4) is 0 Å². The molecule has 1 amide bonds. The van der Waals surface area contributed by atoms with E-state index in [1.54, 1.807) is 0 Å². The van der Waals surface area contributed by atoms with Gasteiger partial charge in [-0.2, -0.15) is 0 Å². The van der Waals surface area contributed by atoms with E-state index in [0.29, 0.717) is 12.1 Å². The molecule has 0 aliphatic carbocycles. The molecule has 0 radical (unpaired) electrons. The lowest BCUT2D eigenvalue weighted by atomic mass is 10.1. The standard InChI is InChI=1S/C13H10Br2ClNOS/c14-11-7-10(12(15)19-11)13(18)17-6-5-8-1-3-9(16)4-2-8/h1-4,7H,5-6H2,(H,17,18). The Kier molecular flexibility index (Phi) is 5.45. The summed E-state index contributed by atoms with van der Waals surface area (Å²) in [6.07, 6.45) is 0.784. The first-order chi connectivity index (χ1) is 9.06. The van der Waals surface area contributed by atoms with Gasteiger partial charge in [-0.1, -0.05) is 23.7 Å². The maximum atomic E-state index is 11.9. The molecule has 2 aromatic rings. The van der Waals surface area contributed by atoms with E-state index >= 15 is 0 Å². The van der Waals surface area contributed by atoms with Crippen molar-refractivity contribution in [2.45, 2.75) is 6.42 Å². The molecular formula is C13H10Br2ClNOS. The number of benzene rings is 1. The van der Waals surface area contributed by atoms with Crippen LogP contribution in [0.2, 0.25) is 5.02 Å². The van der Waals surface area contributed by atoms with Crippen molar-refractivity contribution in [3.8, 4) is 0 Å². The maximum absolute atomic E-state index is 11.9. The Bertz CT molecular complexity index is 583. The van der Waals surface area contributed by atoms with Gasteiger partial charge < -0.3 is 5.32 Å². The number of rotatable bonds is 4. The van der Waals surface area contributed by atoms with Gasteiger partial charge in [0.15, 0.2) is 0 Å². The Labute approximate surface area is 137 Å². The maximum Gasteiger partial charge on any atom is 0.253 e. The average Bonchev–Trinajstić information content (AvgIpc) is 2.71. The SMILES string of the molecule is O=C(NCCc1ccc(Cl)cc1)c1cc(Br)sc1Br. The molecule has 19 heavy (non-hydrogen) atoms. The number of carbonyl (C=O) groups excluding carboxylic acids is 1. The van der Waals surface area contributed by atoms with Gasteiger partial charge in [0.2, 0.25) is 0 Å². The van der Waals surface area contributed by atoms with E-state index in [1.165, 1.54) is 11.3 Å². The van der Waals surface area contributed by atoms with E-state index in [1.807, 2.05) is 30.3 Å². The molecule has 1 heterocycles. The van der Waals surface area contributed by atoms with E-state index in [4.69, 9.17) is 11.6 Å². The summed E-state index contributed by atoms with van der Waals surface area (Å²) in [5.74, 6) is -0.0669. The lowest BCUT2D eigenvalue weighted by molar-refractivity contribution is 0.0954. The van der Waals surface area contributed by atoms with Crippen LogP contribution in [-0.4, -0.2) is 12.5 Å². The van der Waals surface area contributed by atoms with E-state index in [2.05, 4.69) is 37.2 Å². The highest BCUT2D eigenvalue weighted by atomic mass is 79.9. The first-order valence-electron chi connectivity index (χ1n) is 5.54. The van der Waals surface area contributed by atoms with Gasteiger partial charge >= 0.3 is 0 Å². The molecule has 0 saturated carbocycles. The minimum Gasteiger partial charge on any atom is -0.352 e. The molecule has 0 bridgehead atoms. The molecule has 1 aromatic carbocycles. The van der Waals surface area contributed by atoms with Crippen LogP contribution in [0.1, 0.15) is 15.9 Å². The van der Waals surface area contributed by atoms with Crippen molar-refractivity contribution in [2.75, 3.05) is 6.54 Å². The highest BCUT2D eigenvalue weighted by Gasteiger charge is 2.12. The molecular weight excluding hydrogens is 413 g/mol. The van der Waals surface area contributed by atoms with Gasteiger partial charge in [0, 0.05) is 11.6 Å². The Morgan fingerprint density at radius 3 is 2.53 bits per heavy atom. The van der Waals surface area contributed by atoms with E-state index in [-0.39, 0.29) is 5.91 Å². The summed E-state index contributed by atoms with van der Waals surface area (Å²) in [6, 6.07) is 9.44. The summed E-state index contributed by atoms with van der Waals surface area (Å²) in [6.45, 7) is 0.598. The fourth-order valence-corrected chi connectivity index (χ4v) is 4.48. The number of hydrogen-bond acceptors (Lipinski definition) is 2. The van der Waals surface area contributed by atoms with Gasteiger partial charge in [-0.05, 0) is 62.0 Å². The van der Waals surface area contributed by atoms with Crippen molar-refractivity contribution < 1.29 is 4.79 Å². The Morgan fingerprint density at radius 2 is 1.95 bits per heavy atom. The molecule has 0 atom stereocenters. The summed E-state index contributed by atoms with van der Waals surface area (Å²) in [5, 5.41) is 3.62. The normalized spacial score (nSPS) is 10.5. The van der Waals surface area contributed by atoms with E-state index in [9.17, 15) is 4.79 Å². The fraction of sp³-hybridized carbons (Fsp3) is 0.154. The smallest absolute Gasteiger partial charge is 0.253 e. The van der Waals surface area contributed by atoms with E-state index < -0.39 is 0 Å². The minimum atomic E-state index is -0.0669. The van der Waals surface area contributed by atoms with Crippen molar-refractivity contribution in [2.24, 2.45) is 0 Å². The van der Waals surface area contributed by atoms with Crippen LogP contribution in [0.4, 0.5) is 0 Å². The van der Waals surface area contributed by atoms with Gasteiger partial charge in [0.25, 0.3) is 5.91 Å². The van der Waals surface area contributed by atoms with Crippen molar-refractivity contribution in [3.05, 3.63) is 54.1 Å². The highest BCUT2D eigenvalue weighted by Crippen LogP contribution is 2.31. The minimum absolute atomic E-state index is 0.0669. The fourth-order valence-electron chi connectivity index (χ4n) is 1.56. The van der Waals surface area contributed by atoms with Gasteiger partial charge in [0.1, 0.15) is 0 Å². The first kappa shape index (κ1) is 15.0. The van der Waals surface area contributed by atoms with Gasteiger partial charge in [-0.25, -0.2) is 0 Å². The summed E-state index contributed by atoms with van der Waals surface area (Å²) in [5.41, 5.74) is 1.81. The summed E-state index contributed by atoms with van der Waals surface area (Å²) < 4.78 is 1.77. The van der Waals surface area contributed by atoms with Gasteiger partial charge in [-0.15, -0.1) is 11.3 Å². The molecule has 6 heteroatoms. The molecule has 0 saturated heterocycles. The zero-order valence-electron chi connectivity index (χ0n) is 9.75. The zero-order valence-corrected chi connectivity index (χ0v) is 14.5. The number of hydrogen-bond donors (Lipinski definition) is 1. The predicted octanol–water partition coefficient (Wildman–Crippen LogP) is 4.90. The topological polar surface area (TPSA) is 29.1 Å². The largest absolute Gasteiger partial charge is 0.352 e.